The van der Waals surface area contributed by atoms with Crippen LogP contribution in [0.5, 0.6) is 0 Å². The highest BCUT2D eigenvalue weighted by molar-refractivity contribution is 5.08. The van der Waals surface area contributed by atoms with Gasteiger partial charge in [0.2, 0.25) is 0 Å². The second-order valence-electron chi connectivity index (χ2n) is 4.81. The summed E-state index contributed by atoms with van der Waals surface area (Å²) in [6.07, 6.45) is 9.42. The lowest BCUT2D eigenvalue weighted by Crippen LogP contribution is -2.24. The average Bonchev–Trinajstić information content (AvgIpc) is 2.41. The van der Waals surface area contributed by atoms with E-state index in [1.165, 1.54) is 5.56 Å². The van der Waals surface area contributed by atoms with Gasteiger partial charge in [0, 0.05) is 19.0 Å². The molecule has 1 aromatic heterocycles. The number of rotatable bonds is 5. The third-order valence-electron chi connectivity index (χ3n) is 3.52. The van der Waals surface area contributed by atoms with E-state index in [-0.39, 0.29) is 0 Å². The number of aromatic nitrogens is 1. The van der Waals surface area contributed by atoms with E-state index in [4.69, 9.17) is 9.84 Å². The van der Waals surface area contributed by atoms with Crippen LogP contribution in [0.25, 0.3) is 0 Å². The smallest absolute Gasteiger partial charge is 0.0575 e. The highest BCUT2D eigenvalue weighted by Gasteiger charge is 2.20. The Morgan fingerprint density at radius 1 is 1.29 bits per heavy atom. The summed E-state index contributed by atoms with van der Waals surface area (Å²) in [5, 5.41) is 9.05. The largest absolute Gasteiger partial charge is 0.396 e. The standard InChI is InChI=1S/C14H21NO2/c16-11-13-3-5-14(6-4-13)17-9-7-12-2-1-8-15-10-12/h1-2,8,10,13-14,16H,3-7,9,11H2. The van der Waals surface area contributed by atoms with Gasteiger partial charge in [0.15, 0.2) is 0 Å². The summed E-state index contributed by atoms with van der Waals surface area (Å²) in [7, 11) is 0. The summed E-state index contributed by atoms with van der Waals surface area (Å²) in [6, 6.07) is 4.04. The predicted molar refractivity (Wildman–Crippen MR) is 66.7 cm³/mol. The summed E-state index contributed by atoms with van der Waals surface area (Å²) in [4.78, 5) is 4.09. The minimum Gasteiger partial charge on any atom is -0.396 e. The molecule has 0 unspecified atom stereocenters. The summed E-state index contributed by atoms with van der Waals surface area (Å²) in [5.41, 5.74) is 1.23. The van der Waals surface area contributed by atoms with E-state index < -0.39 is 0 Å². The SMILES string of the molecule is OCC1CCC(OCCc2cccnc2)CC1. The van der Waals surface area contributed by atoms with Gasteiger partial charge in [0.25, 0.3) is 0 Å². The van der Waals surface area contributed by atoms with Gasteiger partial charge in [0.1, 0.15) is 0 Å². The molecule has 2 rings (SSSR count). The van der Waals surface area contributed by atoms with Gasteiger partial charge in [-0.05, 0) is 49.7 Å². The van der Waals surface area contributed by atoms with E-state index in [0.717, 1.165) is 38.7 Å². The van der Waals surface area contributed by atoms with Crippen molar-refractivity contribution in [1.82, 2.24) is 4.98 Å². The summed E-state index contributed by atoms with van der Waals surface area (Å²) >= 11 is 0. The van der Waals surface area contributed by atoms with Crippen molar-refractivity contribution in [2.24, 2.45) is 5.92 Å². The fraction of sp³-hybridized carbons (Fsp3) is 0.643. The van der Waals surface area contributed by atoms with E-state index in [1.54, 1.807) is 6.20 Å². The summed E-state index contributed by atoms with van der Waals surface area (Å²) in [5.74, 6) is 0.508. The second kappa shape index (κ2) is 6.72. The molecule has 3 nitrogen and oxygen atoms in total. The molecular weight excluding hydrogens is 214 g/mol. The van der Waals surface area contributed by atoms with E-state index >= 15 is 0 Å². The van der Waals surface area contributed by atoms with Crippen molar-refractivity contribution in [3.8, 4) is 0 Å². The molecule has 1 saturated carbocycles. The van der Waals surface area contributed by atoms with Crippen LogP contribution in [0, 0.1) is 5.92 Å². The zero-order valence-electron chi connectivity index (χ0n) is 10.2. The highest BCUT2D eigenvalue weighted by atomic mass is 16.5. The molecular formula is C14H21NO2. The number of nitrogens with zero attached hydrogens (tertiary/aromatic N) is 1. The quantitative estimate of drug-likeness (QED) is 0.850. The van der Waals surface area contributed by atoms with Crippen LogP contribution in [0.4, 0.5) is 0 Å². The van der Waals surface area contributed by atoms with Gasteiger partial charge in [-0.1, -0.05) is 6.07 Å². The average molecular weight is 235 g/mol. The van der Waals surface area contributed by atoms with Gasteiger partial charge in [-0.3, -0.25) is 4.98 Å². The fourth-order valence-corrected chi connectivity index (χ4v) is 2.37. The lowest BCUT2D eigenvalue weighted by atomic mass is 9.88. The molecule has 0 bridgehead atoms. The molecule has 17 heavy (non-hydrogen) atoms. The maximum Gasteiger partial charge on any atom is 0.0575 e. The molecule has 0 saturated heterocycles. The number of aliphatic hydroxyl groups excluding tert-OH is 1. The van der Waals surface area contributed by atoms with Crippen molar-refractivity contribution in [3.05, 3.63) is 30.1 Å². The maximum atomic E-state index is 9.05. The molecule has 0 spiro atoms. The van der Waals surface area contributed by atoms with E-state index in [0.29, 0.717) is 18.6 Å². The van der Waals surface area contributed by atoms with Crippen LogP contribution in [0.2, 0.25) is 0 Å². The molecule has 1 heterocycles. The molecule has 0 atom stereocenters. The van der Waals surface area contributed by atoms with Crippen molar-refractivity contribution in [2.45, 2.75) is 38.2 Å². The summed E-state index contributed by atoms with van der Waals surface area (Å²) < 4.78 is 5.87. The van der Waals surface area contributed by atoms with Crippen LogP contribution in [-0.2, 0) is 11.2 Å². The number of hydrogen-bond donors (Lipinski definition) is 1. The Hall–Kier alpha value is -0.930. The van der Waals surface area contributed by atoms with Crippen LogP contribution in [0.3, 0.4) is 0 Å². The first kappa shape index (κ1) is 12.5. The molecule has 1 fully saturated rings. The number of ether oxygens (including phenoxy) is 1. The molecule has 1 aliphatic rings. The minimum atomic E-state index is 0.336. The second-order valence-corrected chi connectivity index (χ2v) is 4.81. The first-order valence-corrected chi connectivity index (χ1v) is 6.50. The van der Waals surface area contributed by atoms with Crippen LogP contribution in [0.15, 0.2) is 24.5 Å². The number of aliphatic hydroxyl groups is 1. The Morgan fingerprint density at radius 3 is 2.76 bits per heavy atom. The third-order valence-corrected chi connectivity index (χ3v) is 3.52. The Labute approximate surface area is 103 Å². The molecule has 94 valence electrons. The van der Waals surface area contributed by atoms with Crippen molar-refractivity contribution >= 4 is 0 Å². The van der Waals surface area contributed by atoms with Crippen LogP contribution in [-0.4, -0.2) is 29.4 Å². The molecule has 3 heteroatoms. The Bertz CT molecular complexity index is 307. The fourth-order valence-electron chi connectivity index (χ4n) is 2.37. The van der Waals surface area contributed by atoms with E-state index in [2.05, 4.69) is 11.1 Å². The molecule has 0 amide bonds. The number of hydrogen-bond acceptors (Lipinski definition) is 3. The van der Waals surface area contributed by atoms with Crippen molar-refractivity contribution in [2.75, 3.05) is 13.2 Å². The zero-order chi connectivity index (χ0) is 11.9. The normalized spacial score (nSPS) is 24.8. The van der Waals surface area contributed by atoms with Crippen LogP contribution >= 0.6 is 0 Å². The molecule has 0 radical (unpaired) electrons. The van der Waals surface area contributed by atoms with Gasteiger partial charge in [-0.2, -0.15) is 0 Å². The van der Waals surface area contributed by atoms with Crippen molar-refractivity contribution < 1.29 is 9.84 Å². The highest BCUT2D eigenvalue weighted by Crippen LogP contribution is 2.25. The zero-order valence-corrected chi connectivity index (χ0v) is 10.2. The topological polar surface area (TPSA) is 42.4 Å². The van der Waals surface area contributed by atoms with Crippen molar-refractivity contribution in [1.29, 1.82) is 0 Å². The minimum absolute atomic E-state index is 0.336. The van der Waals surface area contributed by atoms with Gasteiger partial charge in [-0.25, -0.2) is 0 Å². The molecule has 1 aliphatic carbocycles. The predicted octanol–water partition coefficient (Wildman–Crippen LogP) is 2.19. The Balaban J connectivity index is 1.63. The maximum absolute atomic E-state index is 9.05. The first-order valence-electron chi connectivity index (χ1n) is 6.50. The van der Waals surface area contributed by atoms with Gasteiger partial charge >= 0.3 is 0 Å². The van der Waals surface area contributed by atoms with Crippen LogP contribution in [0.1, 0.15) is 31.2 Å². The Morgan fingerprint density at radius 2 is 2.12 bits per heavy atom. The first-order chi connectivity index (χ1) is 8.38. The van der Waals surface area contributed by atoms with Gasteiger partial charge in [-0.15, -0.1) is 0 Å². The van der Waals surface area contributed by atoms with Crippen molar-refractivity contribution in [3.63, 3.8) is 0 Å². The number of pyridine rings is 1. The molecule has 0 aliphatic heterocycles. The van der Waals surface area contributed by atoms with E-state index in [9.17, 15) is 0 Å². The van der Waals surface area contributed by atoms with Crippen LogP contribution < -0.4 is 0 Å². The molecule has 1 aromatic rings. The van der Waals surface area contributed by atoms with E-state index in [1.807, 2.05) is 12.3 Å². The lowest BCUT2D eigenvalue weighted by Gasteiger charge is -2.27. The van der Waals surface area contributed by atoms with Gasteiger partial charge < -0.3 is 9.84 Å². The molecule has 0 aromatic carbocycles. The molecule has 1 N–H and O–H groups in total. The summed E-state index contributed by atoms with van der Waals surface area (Å²) in [6.45, 7) is 1.11. The lowest BCUT2D eigenvalue weighted by molar-refractivity contribution is 0.0129. The Kier molecular flexibility index (Phi) is 4.95. The third kappa shape index (κ3) is 4.10. The monoisotopic (exact) mass is 235 g/mol. The van der Waals surface area contributed by atoms with Gasteiger partial charge in [0.05, 0.1) is 12.7 Å².